The summed E-state index contributed by atoms with van der Waals surface area (Å²) in [5.74, 6) is -1.11. The molecule has 41 heavy (non-hydrogen) atoms. The second-order valence-corrected chi connectivity index (χ2v) is 13.4. The van der Waals surface area contributed by atoms with E-state index >= 15 is 0 Å². The van der Waals surface area contributed by atoms with Gasteiger partial charge in [-0.1, -0.05) is 58.3 Å². The number of carbonyl (C=O) groups is 3. The summed E-state index contributed by atoms with van der Waals surface area (Å²) < 4.78 is 6.53. The van der Waals surface area contributed by atoms with Gasteiger partial charge in [-0.05, 0) is 62.7 Å². The lowest BCUT2D eigenvalue weighted by Gasteiger charge is -2.38. The zero-order chi connectivity index (χ0) is 29.3. The number of unbranched alkanes of at least 4 members (excludes halogenated alkanes) is 1. The van der Waals surface area contributed by atoms with Crippen LogP contribution in [0.5, 0.6) is 0 Å². The molecule has 5 rings (SSSR count). The van der Waals surface area contributed by atoms with E-state index in [1.165, 1.54) is 6.42 Å². The Morgan fingerprint density at radius 1 is 1.20 bits per heavy atom. The molecule has 2 bridgehead atoms. The van der Waals surface area contributed by atoms with Gasteiger partial charge in [-0.15, -0.1) is 11.8 Å². The normalized spacial score (nSPS) is 33.9. The number of benzene rings is 1. The molecule has 1 aromatic rings. The third-order valence-electron chi connectivity index (χ3n) is 9.91. The highest BCUT2D eigenvalue weighted by atomic mass is 32.2. The fourth-order valence-electron chi connectivity index (χ4n) is 7.30. The van der Waals surface area contributed by atoms with E-state index in [2.05, 4.69) is 43.4 Å². The van der Waals surface area contributed by atoms with Crippen LogP contribution in [0.15, 0.2) is 41.3 Å². The molecule has 6 unspecified atom stereocenters. The van der Waals surface area contributed by atoms with E-state index in [0.717, 1.165) is 37.1 Å². The first kappa shape index (κ1) is 30.1. The van der Waals surface area contributed by atoms with Crippen molar-refractivity contribution in [3.05, 3.63) is 36.4 Å². The standard InChI is InChI=1S/C32H46N4O4S/c1-6-7-16-35(4)17-18-36-28(30(38)34-24-13-8-10-20(2)21(24)3)32-15-14-25(40-32)26(27(32)31(36)39)29(37)33-22-11-9-12-23(19-22)41-5/h9,11-12,14-15,19-21,24-28H,6-8,10,13,16-18H2,1-5H3,(H,33,37)(H,34,38)/t20?,21?,24?,25-,26?,27-,28?,32?/m1/s1. The van der Waals surface area contributed by atoms with Crippen LogP contribution in [0.4, 0.5) is 5.69 Å². The molecule has 2 N–H and O–H groups in total. The molecule has 3 heterocycles. The molecule has 224 valence electrons. The monoisotopic (exact) mass is 582 g/mol. The van der Waals surface area contributed by atoms with Crippen molar-refractivity contribution in [1.82, 2.24) is 15.1 Å². The molecule has 2 saturated heterocycles. The minimum absolute atomic E-state index is 0.0660. The molecule has 9 heteroatoms. The molecule has 0 radical (unpaired) electrons. The number of hydrogen-bond donors (Lipinski definition) is 2. The Kier molecular flexibility index (Phi) is 9.16. The largest absolute Gasteiger partial charge is 0.359 e. The molecule has 3 fully saturated rings. The molecule has 4 aliphatic rings. The lowest BCUT2D eigenvalue weighted by molar-refractivity contribution is -0.141. The lowest BCUT2D eigenvalue weighted by atomic mass is 9.73. The number of anilines is 1. The number of rotatable bonds is 11. The SMILES string of the molecule is CCCCN(C)CCN1C(=O)[C@H]2C(C(=O)Nc3cccc(SC)c3)[C@H]3C=CC2(O3)C1C(=O)NC1CCCC(C)C1C. The van der Waals surface area contributed by atoms with Crippen LogP contribution in [-0.4, -0.2) is 84.2 Å². The summed E-state index contributed by atoms with van der Waals surface area (Å²) in [7, 11) is 2.05. The van der Waals surface area contributed by atoms with Crippen molar-refractivity contribution in [2.75, 3.05) is 38.3 Å². The minimum Gasteiger partial charge on any atom is -0.359 e. The zero-order valence-corrected chi connectivity index (χ0v) is 25.9. The number of hydrogen-bond acceptors (Lipinski definition) is 6. The highest BCUT2D eigenvalue weighted by Crippen LogP contribution is 2.55. The van der Waals surface area contributed by atoms with Gasteiger partial charge in [0.15, 0.2) is 0 Å². The molecule has 3 amide bonds. The molecule has 8 nitrogen and oxygen atoms in total. The maximum absolute atomic E-state index is 14.2. The molecule has 1 saturated carbocycles. The first-order valence-electron chi connectivity index (χ1n) is 15.3. The minimum atomic E-state index is -1.14. The maximum atomic E-state index is 14.2. The van der Waals surface area contributed by atoms with Gasteiger partial charge >= 0.3 is 0 Å². The van der Waals surface area contributed by atoms with Gasteiger partial charge in [-0.2, -0.15) is 0 Å². The summed E-state index contributed by atoms with van der Waals surface area (Å²) in [6, 6.07) is 6.95. The van der Waals surface area contributed by atoms with Crippen molar-refractivity contribution in [3.8, 4) is 0 Å². The van der Waals surface area contributed by atoms with E-state index in [9.17, 15) is 14.4 Å². The predicted octanol–water partition coefficient (Wildman–Crippen LogP) is 4.17. The van der Waals surface area contributed by atoms with Crippen LogP contribution in [0, 0.1) is 23.7 Å². The summed E-state index contributed by atoms with van der Waals surface area (Å²) in [4.78, 5) is 47.1. The average molecular weight is 583 g/mol. The van der Waals surface area contributed by atoms with Crippen LogP contribution >= 0.6 is 11.8 Å². The van der Waals surface area contributed by atoms with Crippen LogP contribution in [0.2, 0.25) is 0 Å². The van der Waals surface area contributed by atoms with Crippen LogP contribution in [-0.2, 0) is 19.1 Å². The number of nitrogens with zero attached hydrogens (tertiary/aromatic N) is 2. The molecule has 1 aromatic carbocycles. The van der Waals surface area contributed by atoms with E-state index in [-0.39, 0.29) is 23.8 Å². The molecule has 1 aliphatic carbocycles. The van der Waals surface area contributed by atoms with E-state index < -0.39 is 29.6 Å². The molecular weight excluding hydrogens is 536 g/mol. The fraction of sp³-hybridized carbons (Fsp3) is 0.656. The van der Waals surface area contributed by atoms with E-state index in [1.54, 1.807) is 16.7 Å². The first-order valence-corrected chi connectivity index (χ1v) is 16.5. The van der Waals surface area contributed by atoms with Crippen molar-refractivity contribution in [2.45, 2.75) is 81.6 Å². The summed E-state index contributed by atoms with van der Waals surface area (Å²) in [5.41, 5.74) is -0.447. The third kappa shape index (κ3) is 5.69. The van der Waals surface area contributed by atoms with E-state index in [1.807, 2.05) is 42.7 Å². The van der Waals surface area contributed by atoms with Crippen molar-refractivity contribution in [2.24, 2.45) is 23.7 Å². The summed E-state index contributed by atoms with van der Waals surface area (Å²) in [6.07, 6.45) is 10.6. The van der Waals surface area contributed by atoms with Gasteiger partial charge in [0, 0.05) is 29.7 Å². The van der Waals surface area contributed by atoms with Crippen LogP contribution in [0.1, 0.15) is 52.9 Å². The van der Waals surface area contributed by atoms with Crippen LogP contribution in [0.3, 0.4) is 0 Å². The number of amides is 3. The van der Waals surface area contributed by atoms with Crippen molar-refractivity contribution < 1.29 is 19.1 Å². The van der Waals surface area contributed by atoms with E-state index in [0.29, 0.717) is 30.6 Å². The maximum Gasteiger partial charge on any atom is 0.246 e. The molecule has 3 aliphatic heterocycles. The molecule has 0 aromatic heterocycles. The average Bonchev–Trinajstić information content (AvgIpc) is 3.60. The number of fused-ring (bicyclic) bond motifs is 1. The van der Waals surface area contributed by atoms with Gasteiger partial charge in [0.25, 0.3) is 0 Å². The Morgan fingerprint density at radius 2 is 2.00 bits per heavy atom. The van der Waals surface area contributed by atoms with Gasteiger partial charge in [0.05, 0.1) is 17.9 Å². The number of likely N-dealkylation sites (tertiary alicyclic amines) is 1. The first-order chi connectivity index (χ1) is 19.7. The molecule has 8 atom stereocenters. The molecule has 1 spiro atoms. The topological polar surface area (TPSA) is 91.0 Å². The number of ether oxygens (including phenoxy) is 1. The number of carbonyl (C=O) groups excluding carboxylic acids is 3. The Balaban J connectivity index is 1.41. The van der Waals surface area contributed by atoms with Gasteiger partial charge in [-0.25, -0.2) is 0 Å². The van der Waals surface area contributed by atoms with Gasteiger partial charge in [0.2, 0.25) is 17.7 Å². The smallest absolute Gasteiger partial charge is 0.246 e. The fourth-order valence-corrected chi connectivity index (χ4v) is 7.76. The Bertz CT molecular complexity index is 1180. The highest BCUT2D eigenvalue weighted by Gasteiger charge is 2.72. The number of likely N-dealkylation sites (N-methyl/N-ethyl adjacent to an activating group) is 1. The number of nitrogens with one attached hydrogen (secondary N) is 2. The predicted molar refractivity (Wildman–Crippen MR) is 163 cm³/mol. The lowest BCUT2D eigenvalue weighted by Crippen LogP contribution is -2.58. The summed E-state index contributed by atoms with van der Waals surface area (Å²) in [5, 5.41) is 6.37. The zero-order valence-electron chi connectivity index (χ0n) is 25.1. The van der Waals surface area contributed by atoms with Crippen molar-refractivity contribution >= 4 is 35.2 Å². The third-order valence-corrected chi connectivity index (χ3v) is 10.6. The van der Waals surface area contributed by atoms with E-state index in [4.69, 9.17) is 4.74 Å². The number of thioether (sulfide) groups is 1. The van der Waals surface area contributed by atoms with Crippen LogP contribution < -0.4 is 10.6 Å². The molecular formula is C32H46N4O4S. The highest BCUT2D eigenvalue weighted by molar-refractivity contribution is 7.98. The van der Waals surface area contributed by atoms with Crippen molar-refractivity contribution in [3.63, 3.8) is 0 Å². The van der Waals surface area contributed by atoms with Crippen LogP contribution in [0.25, 0.3) is 0 Å². The Morgan fingerprint density at radius 3 is 2.76 bits per heavy atom. The second-order valence-electron chi connectivity index (χ2n) is 12.5. The Hall–Kier alpha value is -2.36. The second kappa shape index (κ2) is 12.5. The van der Waals surface area contributed by atoms with Gasteiger partial charge < -0.3 is 25.2 Å². The van der Waals surface area contributed by atoms with Crippen molar-refractivity contribution in [1.29, 1.82) is 0 Å². The Labute approximate surface area is 249 Å². The van der Waals surface area contributed by atoms with Gasteiger partial charge in [0.1, 0.15) is 11.6 Å². The van der Waals surface area contributed by atoms with Gasteiger partial charge in [-0.3, -0.25) is 14.4 Å². The summed E-state index contributed by atoms with van der Waals surface area (Å²) >= 11 is 1.60. The quantitative estimate of drug-likeness (QED) is 0.301. The summed E-state index contributed by atoms with van der Waals surface area (Å²) in [6.45, 7) is 8.62.